The zero-order chi connectivity index (χ0) is 11.9. The van der Waals surface area contributed by atoms with Gasteiger partial charge in [-0.15, -0.1) is 0 Å². The van der Waals surface area contributed by atoms with Gasteiger partial charge in [0.2, 0.25) is 0 Å². The molecule has 0 bridgehead atoms. The molecule has 0 saturated heterocycles. The summed E-state index contributed by atoms with van der Waals surface area (Å²) in [7, 11) is 1.66. The van der Waals surface area contributed by atoms with Crippen LogP contribution in [0.1, 0.15) is 5.69 Å². The van der Waals surface area contributed by atoms with E-state index in [1.807, 2.05) is 0 Å². The van der Waals surface area contributed by atoms with Crippen molar-refractivity contribution in [2.75, 3.05) is 12.4 Å². The number of aryl methyl sites for hydroxylation is 1. The van der Waals surface area contributed by atoms with Crippen LogP contribution in [0, 0.1) is 18.6 Å². The SMILES string of the molecule is CNc1cc(C)nc2c(F)cc(Br)c(F)c12. The Bertz CT molecular complexity index is 570. The Balaban J connectivity index is 2.99. The molecule has 0 aliphatic rings. The number of halogens is 3. The zero-order valence-electron chi connectivity index (χ0n) is 8.74. The molecule has 2 nitrogen and oxygen atoms in total. The number of rotatable bonds is 1. The van der Waals surface area contributed by atoms with Crippen molar-refractivity contribution in [1.82, 2.24) is 4.98 Å². The number of benzene rings is 1. The maximum absolute atomic E-state index is 13.9. The van der Waals surface area contributed by atoms with Crippen LogP contribution in [0.25, 0.3) is 10.9 Å². The quantitative estimate of drug-likeness (QED) is 0.810. The van der Waals surface area contributed by atoms with Crippen LogP contribution in [0.3, 0.4) is 0 Å². The lowest BCUT2D eigenvalue weighted by atomic mass is 10.1. The highest BCUT2D eigenvalue weighted by atomic mass is 79.9. The summed E-state index contributed by atoms with van der Waals surface area (Å²) in [6, 6.07) is 2.76. The lowest BCUT2D eigenvalue weighted by Crippen LogP contribution is -1.98. The first kappa shape index (κ1) is 11.3. The maximum Gasteiger partial charge on any atom is 0.150 e. The van der Waals surface area contributed by atoms with Crippen LogP contribution in [0.4, 0.5) is 14.5 Å². The van der Waals surface area contributed by atoms with Crippen molar-refractivity contribution in [1.29, 1.82) is 0 Å². The Morgan fingerprint density at radius 1 is 1.31 bits per heavy atom. The van der Waals surface area contributed by atoms with Crippen molar-refractivity contribution >= 4 is 32.5 Å². The Morgan fingerprint density at radius 3 is 2.62 bits per heavy atom. The fraction of sp³-hybridized carbons (Fsp3) is 0.182. The normalized spacial score (nSPS) is 10.8. The molecular formula is C11H9BrF2N2. The number of hydrogen-bond acceptors (Lipinski definition) is 2. The van der Waals surface area contributed by atoms with Gasteiger partial charge in [0.25, 0.3) is 0 Å². The first-order valence-corrected chi connectivity index (χ1v) is 5.46. The van der Waals surface area contributed by atoms with Gasteiger partial charge in [0, 0.05) is 18.4 Å². The first-order valence-electron chi connectivity index (χ1n) is 4.67. The molecule has 1 N–H and O–H groups in total. The van der Waals surface area contributed by atoms with E-state index >= 15 is 0 Å². The summed E-state index contributed by atoms with van der Waals surface area (Å²) in [6.07, 6.45) is 0. The summed E-state index contributed by atoms with van der Waals surface area (Å²) >= 11 is 2.98. The molecule has 0 spiro atoms. The van der Waals surface area contributed by atoms with Gasteiger partial charge in [-0.2, -0.15) is 0 Å². The molecule has 0 aliphatic heterocycles. The second kappa shape index (κ2) is 3.97. The molecule has 1 aromatic carbocycles. The highest BCUT2D eigenvalue weighted by Gasteiger charge is 2.15. The van der Waals surface area contributed by atoms with Gasteiger partial charge in [0.15, 0.2) is 5.82 Å². The highest BCUT2D eigenvalue weighted by Crippen LogP contribution is 2.32. The molecular weight excluding hydrogens is 278 g/mol. The molecule has 5 heteroatoms. The Morgan fingerprint density at radius 2 is 2.00 bits per heavy atom. The third-order valence-corrected chi connectivity index (χ3v) is 2.90. The molecule has 1 heterocycles. The van der Waals surface area contributed by atoms with E-state index in [9.17, 15) is 8.78 Å². The smallest absolute Gasteiger partial charge is 0.150 e. The molecule has 1 aromatic heterocycles. The molecule has 2 aromatic rings. The summed E-state index contributed by atoms with van der Waals surface area (Å²) in [6.45, 7) is 1.74. The number of hydrogen-bond donors (Lipinski definition) is 1. The maximum atomic E-state index is 13.9. The monoisotopic (exact) mass is 286 g/mol. The molecule has 16 heavy (non-hydrogen) atoms. The molecule has 0 saturated carbocycles. The minimum absolute atomic E-state index is 0.0463. The fourth-order valence-electron chi connectivity index (χ4n) is 1.63. The fourth-order valence-corrected chi connectivity index (χ4v) is 2.03. The second-order valence-corrected chi connectivity index (χ2v) is 4.29. The molecule has 0 atom stereocenters. The van der Waals surface area contributed by atoms with Crippen molar-refractivity contribution in [3.63, 3.8) is 0 Å². The highest BCUT2D eigenvalue weighted by molar-refractivity contribution is 9.10. The predicted molar refractivity (Wildman–Crippen MR) is 63.6 cm³/mol. The van der Waals surface area contributed by atoms with Crippen LogP contribution in [-0.4, -0.2) is 12.0 Å². The van der Waals surface area contributed by atoms with E-state index in [-0.39, 0.29) is 15.4 Å². The number of anilines is 1. The van der Waals surface area contributed by atoms with Crippen molar-refractivity contribution in [2.45, 2.75) is 6.92 Å². The number of fused-ring (bicyclic) bond motifs is 1. The lowest BCUT2D eigenvalue weighted by molar-refractivity contribution is 0.610. The predicted octanol–water partition coefficient (Wildman–Crippen LogP) is 3.63. The summed E-state index contributed by atoms with van der Waals surface area (Å²) in [4.78, 5) is 4.01. The summed E-state index contributed by atoms with van der Waals surface area (Å²) in [5.74, 6) is -1.04. The van der Waals surface area contributed by atoms with Gasteiger partial charge >= 0.3 is 0 Å². The van der Waals surface area contributed by atoms with Gasteiger partial charge in [0.05, 0.1) is 9.86 Å². The van der Waals surface area contributed by atoms with E-state index in [0.717, 1.165) is 6.07 Å². The number of pyridine rings is 1. The van der Waals surface area contributed by atoms with Crippen molar-refractivity contribution < 1.29 is 8.78 Å². The topological polar surface area (TPSA) is 24.9 Å². The second-order valence-electron chi connectivity index (χ2n) is 3.44. The molecule has 2 rings (SSSR count). The van der Waals surface area contributed by atoms with Crippen molar-refractivity contribution in [3.8, 4) is 0 Å². The van der Waals surface area contributed by atoms with E-state index in [1.54, 1.807) is 20.0 Å². The molecule has 0 amide bonds. The largest absolute Gasteiger partial charge is 0.387 e. The summed E-state index contributed by atoms with van der Waals surface area (Å²) < 4.78 is 27.6. The average Bonchev–Trinajstić information content (AvgIpc) is 2.25. The Labute approximate surface area is 99.8 Å². The van der Waals surface area contributed by atoms with Gasteiger partial charge in [0.1, 0.15) is 11.3 Å². The molecule has 0 fully saturated rings. The van der Waals surface area contributed by atoms with E-state index < -0.39 is 11.6 Å². The van der Waals surface area contributed by atoms with Gasteiger partial charge in [-0.3, -0.25) is 0 Å². The Kier molecular flexibility index (Phi) is 2.80. The van der Waals surface area contributed by atoms with Crippen molar-refractivity contribution in [2.24, 2.45) is 0 Å². The van der Waals surface area contributed by atoms with Gasteiger partial charge in [-0.1, -0.05) is 0 Å². The summed E-state index contributed by atoms with van der Waals surface area (Å²) in [5, 5.41) is 3.01. The van der Waals surface area contributed by atoms with Crippen LogP contribution in [0.2, 0.25) is 0 Å². The zero-order valence-corrected chi connectivity index (χ0v) is 10.3. The lowest BCUT2D eigenvalue weighted by Gasteiger charge is -2.09. The number of aromatic nitrogens is 1. The van der Waals surface area contributed by atoms with E-state index in [2.05, 4.69) is 26.2 Å². The Hall–Kier alpha value is -1.23. The van der Waals surface area contributed by atoms with E-state index in [0.29, 0.717) is 11.4 Å². The van der Waals surface area contributed by atoms with Crippen LogP contribution in [0.5, 0.6) is 0 Å². The first-order chi connectivity index (χ1) is 7.54. The average molecular weight is 287 g/mol. The molecule has 0 aliphatic carbocycles. The van der Waals surface area contributed by atoms with Gasteiger partial charge < -0.3 is 5.32 Å². The van der Waals surface area contributed by atoms with Crippen LogP contribution < -0.4 is 5.32 Å². The van der Waals surface area contributed by atoms with Crippen LogP contribution in [-0.2, 0) is 0 Å². The van der Waals surface area contributed by atoms with Crippen LogP contribution >= 0.6 is 15.9 Å². The van der Waals surface area contributed by atoms with Crippen LogP contribution in [0.15, 0.2) is 16.6 Å². The van der Waals surface area contributed by atoms with E-state index in [4.69, 9.17) is 0 Å². The number of nitrogens with zero attached hydrogens (tertiary/aromatic N) is 1. The third kappa shape index (κ3) is 1.65. The molecule has 84 valence electrons. The standard InChI is InChI=1S/C11H9BrF2N2/c1-5-3-8(15-2)9-10(14)6(12)4-7(13)11(9)16-5/h3-4H,1-2H3,(H,15,16). The minimum atomic E-state index is -0.538. The number of nitrogens with one attached hydrogen (secondary N) is 1. The van der Waals surface area contributed by atoms with Crippen molar-refractivity contribution in [3.05, 3.63) is 33.9 Å². The molecule has 0 radical (unpaired) electrons. The third-order valence-electron chi connectivity index (χ3n) is 2.33. The molecule has 0 unspecified atom stereocenters. The summed E-state index contributed by atoms with van der Waals surface area (Å²) in [5.41, 5.74) is 1.21. The van der Waals surface area contributed by atoms with Gasteiger partial charge in [-0.25, -0.2) is 13.8 Å². The van der Waals surface area contributed by atoms with E-state index in [1.165, 1.54) is 0 Å². The minimum Gasteiger partial charge on any atom is -0.387 e. The van der Waals surface area contributed by atoms with Gasteiger partial charge in [-0.05, 0) is 35.0 Å².